The molecule has 0 atom stereocenters. The van der Waals surface area contributed by atoms with Gasteiger partial charge in [0.25, 0.3) is 0 Å². The van der Waals surface area contributed by atoms with Crippen LogP contribution in [-0.4, -0.2) is 13.2 Å². The molecule has 96 valence electrons. The summed E-state index contributed by atoms with van der Waals surface area (Å²) in [5.74, 6) is 3.32. The summed E-state index contributed by atoms with van der Waals surface area (Å²) in [6.07, 6.45) is 10.4. The Bertz CT molecular complexity index is 435. The van der Waals surface area contributed by atoms with Crippen molar-refractivity contribution in [1.82, 2.24) is 5.32 Å². The van der Waals surface area contributed by atoms with E-state index >= 15 is 0 Å². The van der Waals surface area contributed by atoms with E-state index in [1.807, 2.05) is 19.1 Å². The van der Waals surface area contributed by atoms with Crippen LogP contribution in [0, 0.1) is 12.3 Å². The number of benzene rings is 1. The fraction of sp³-hybridized carbons (Fsp3) is 0.333. The molecule has 0 aliphatic carbocycles. The van der Waals surface area contributed by atoms with Gasteiger partial charge in [-0.05, 0) is 38.1 Å². The molecule has 0 spiro atoms. The second kappa shape index (κ2) is 8.79. The molecule has 1 rings (SSSR count). The molecular weight excluding hydrogens is 290 g/mol. The lowest BCUT2D eigenvalue weighted by atomic mass is 10.2. The van der Waals surface area contributed by atoms with Crippen molar-refractivity contribution < 1.29 is 4.74 Å². The Hall–Kier alpha value is -1.24. The predicted octanol–water partition coefficient (Wildman–Crippen LogP) is 3.52. The minimum atomic E-state index is 0.299. The van der Waals surface area contributed by atoms with Gasteiger partial charge < -0.3 is 10.1 Å². The van der Waals surface area contributed by atoms with Gasteiger partial charge in [0.15, 0.2) is 0 Å². The number of hydrogen-bond acceptors (Lipinski definition) is 2. The summed E-state index contributed by atoms with van der Waals surface area (Å²) < 4.78 is 6.55. The largest absolute Gasteiger partial charge is 0.481 e. The van der Waals surface area contributed by atoms with E-state index in [-0.39, 0.29) is 0 Å². The minimum absolute atomic E-state index is 0.299. The third kappa shape index (κ3) is 5.39. The zero-order valence-corrected chi connectivity index (χ0v) is 12.2. The second-order valence-corrected chi connectivity index (χ2v) is 4.70. The molecule has 0 heterocycles. The van der Waals surface area contributed by atoms with Crippen LogP contribution in [0.2, 0.25) is 0 Å². The van der Waals surface area contributed by atoms with Crippen LogP contribution in [0.3, 0.4) is 0 Å². The summed E-state index contributed by atoms with van der Waals surface area (Å²) in [6, 6.07) is 5.94. The smallest absolute Gasteiger partial charge is 0.148 e. The summed E-state index contributed by atoms with van der Waals surface area (Å²) >= 11 is 3.46. The highest BCUT2D eigenvalue weighted by atomic mass is 79.9. The third-order valence-corrected chi connectivity index (χ3v) is 2.87. The number of ether oxygens (including phenoxy) is 1. The van der Waals surface area contributed by atoms with Gasteiger partial charge in [-0.2, -0.15) is 0 Å². The molecule has 0 radical (unpaired) electrons. The molecule has 1 aromatic carbocycles. The Morgan fingerprint density at radius 2 is 2.33 bits per heavy atom. The molecule has 0 aliphatic heterocycles. The van der Waals surface area contributed by atoms with Crippen LogP contribution >= 0.6 is 15.9 Å². The van der Waals surface area contributed by atoms with Gasteiger partial charge >= 0.3 is 0 Å². The SMILES string of the molecule is C#CCOc1ccc(Br)cc1CNCC/C=C/C. The van der Waals surface area contributed by atoms with Crippen molar-refractivity contribution in [2.75, 3.05) is 13.2 Å². The first-order valence-corrected chi connectivity index (χ1v) is 6.73. The monoisotopic (exact) mass is 307 g/mol. The highest BCUT2D eigenvalue weighted by Gasteiger charge is 2.03. The molecule has 2 nitrogen and oxygen atoms in total. The quantitative estimate of drug-likeness (QED) is 0.473. The Balaban J connectivity index is 2.56. The van der Waals surface area contributed by atoms with Crippen LogP contribution in [0.4, 0.5) is 0 Å². The lowest BCUT2D eigenvalue weighted by Gasteiger charge is -2.11. The number of halogens is 1. The Labute approximate surface area is 118 Å². The van der Waals surface area contributed by atoms with Gasteiger partial charge in [0, 0.05) is 16.6 Å². The van der Waals surface area contributed by atoms with E-state index in [0.29, 0.717) is 6.61 Å². The van der Waals surface area contributed by atoms with Crippen LogP contribution in [0.5, 0.6) is 5.75 Å². The van der Waals surface area contributed by atoms with Crippen molar-refractivity contribution in [3.63, 3.8) is 0 Å². The summed E-state index contributed by atoms with van der Waals surface area (Å²) in [5.41, 5.74) is 1.11. The standard InChI is InChI=1S/C15H18BrNO/c1-3-5-6-9-17-12-13-11-14(16)7-8-15(13)18-10-4-2/h2-3,5,7-8,11,17H,6,9-10,12H2,1H3/b5-3+. The lowest BCUT2D eigenvalue weighted by Crippen LogP contribution is -2.15. The first-order chi connectivity index (χ1) is 8.77. The normalized spacial score (nSPS) is 10.5. The van der Waals surface area contributed by atoms with E-state index in [4.69, 9.17) is 11.2 Å². The Morgan fingerprint density at radius 3 is 3.06 bits per heavy atom. The maximum atomic E-state index is 5.51. The summed E-state index contributed by atoms with van der Waals surface area (Å²) in [4.78, 5) is 0. The zero-order chi connectivity index (χ0) is 13.2. The van der Waals surface area contributed by atoms with Crippen LogP contribution < -0.4 is 10.1 Å². The zero-order valence-electron chi connectivity index (χ0n) is 10.6. The van der Waals surface area contributed by atoms with Crippen molar-refractivity contribution >= 4 is 15.9 Å². The fourth-order valence-electron chi connectivity index (χ4n) is 1.52. The molecule has 1 aromatic rings. The average Bonchev–Trinajstić information content (AvgIpc) is 2.37. The second-order valence-electron chi connectivity index (χ2n) is 3.78. The van der Waals surface area contributed by atoms with E-state index in [1.165, 1.54) is 0 Å². The molecule has 0 unspecified atom stereocenters. The summed E-state index contributed by atoms with van der Waals surface area (Å²) in [7, 11) is 0. The van der Waals surface area contributed by atoms with E-state index < -0.39 is 0 Å². The molecule has 0 saturated heterocycles. The van der Waals surface area contributed by atoms with Gasteiger partial charge in [0.05, 0.1) is 0 Å². The average molecular weight is 308 g/mol. The van der Waals surface area contributed by atoms with Crippen LogP contribution in [-0.2, 0) is 6.54 Å². The lowest BCUT2D eigenvalue weighted by molar-refractivity contribution is 0.365. The molecule has 1 N–H and O–H groups in total. The van der Waals surface area contributed by atoms with Gasteiger partial charge in [-0.1, -0.05) is 34.0 Å². The molecule has 0 saturated carbocycles. The maximum absolute atomic E-state index is 5.51. The maximum Gasteiger partial charge on any atom is 0.148 e. The van der Waals surface area contributed by atoms with E-state index in [2.05, 4.69) is 45.4 Å². The fourth-order valence-corrected chi connectivity index (χ4v) is 1.93. The topological polar surface area (TPSA) is 21.3 Å². The van der Waals surface area contributed by atoms with Crippen molar-refractivity contribution in [3.8, 4) is 18.1 Å². The van der Waals surface area contributed by atoms with Gasteiger partial charge in [-0.15, -0.1) is 6.42 Å². The molecule has 18 heavy (non-hydrogen) atoms. The first kappa shape index (κ1) is 14.8. The summed E-state index contributed by atoms with van der Waals surface area (Å²) in [6.45, 7) is 4.05. The highest BCUT2D eigenvalue weighted by Crippen LogP contribution is 2.23. The molecule has 0 aliphatic rings. The van der Waals surface area contributed by atoms with E-state index in [1.54, 1.807) is 0 Å². The van der Waals surface area contributed by atoms with E-state index in [0.717, 1.165) is 35.3 Å². The van der Waals surface area contributed by atoms with Gasteiger partial charge in [-0.25, -0.2) is 0 Å². The van der Waals surface area contributed by atoms with Crippen molar-refractivity contribution in [2.24, 2.45) is 0 Å². The minimum Gasteiger partial charge on any atom is -0.481 e. The van der Waals surface area contributed by atoms with Gasteiger partial charge in [-0.3, -0.25) is 0 Å². The van der Waals surface area contributed by atoms with Gasteiger partial charge in [0.2, 0.25) is 0 Å². The van der Waals surface area contributed by atoms with Crippen LogP contribution in [0.25, 0.3) is 0 Å². The number of rotatable bonds is 7. The number of nitrogens with one attached hydrogen (secondary N) is 1. The van der Waals surface area contributed by atoms with Crippen molar-refractivity contribution in [1.29, 1.82) is 0 Å². The molecule has 0 amide bonds. The molecular formula is C15H18BrNO. The Kier molecular flexibility index (Phi) is 7.24. The van der Waals surface area contributed by atoms with E-state index in [9.17, 15) is 0 Å². The van der Waals surface area contributed by atoms with Gasteiger partial charge in [0.1, 0.15) is 12.4 Å². The summed E-state index contributed by atoms with van der Waals surface area (Å²) in [5, 5.41) is 3.38. The predicted molar refractivity (Wildman–Crippen MR) is 79.6 cm³/mol. The first-order valence-electron chi connectivity index (χ1n) is 5.94. The van der Waals surface area contributed by atoms with Crippen LogP contribution in [0.1, 0.15) is 18.9 Å². The molecule has 0 bridgehead atoms. The number of terminal acetylenes is 1. The number of allylic oxidation sites excluding steroid dienone is 1. The number of hydrogen-bond donors (Lipinski definition) is 1. The third-order valence-electron chi connectivity index (χ3n) is 2.37. The van der Waals surface area contributed by atoms with Crippen molar-refractivity contribution in [3.05, 3.63) is 40.4 Å². The van der Waals surface area contributed by atoms with Crippen LogP contribution in [0.15, 0.2) is 34.8 Å². The molecule has 0 fully saturated rings. The highest BCUT2D eigenvalue weighted by molar-refractivity contribution is 9.10. The molecule has 3 heteroatoms. The Morgan fingerprint density at radius 1 is 1.50 bits per heavy atom. The van der Waals surface area contributed by atoms with Crippen molar-refractivity contribution in [2.45, 2.75) is 19.9 Å². The molecule has 0 aromatic heterocycles.